The van der Waals surface area contributed by atoms with Crippen LogP contribution in [-0.4, -0.2) is 32.3 Å². The van der Waals surface area contributed by atoms with Gasteiger partial charge in [0.05, 0.1) is 38.0 Å². The first-order chi connectivity index (χ1) is 12.5. The third-order valence-corrected chi connectivity index (χ3v) is 6.87. The summed E-state index contributed by atoms with van der Waals surface area (Å²) in [5.41, 5.74) is 1.65. The van der Waals surface area contributed by atoms with Gasteiger partial charge in [0.25, 0.3) is 7.37 Å². The largest absolute Gasteiger partial charge is 0.469 e. The SMILES string of the molecule is COC(=O)CC(CP1(=O)Oc2ccccc2-c2ccccc21)C(=O)OC. The summed E-state index contributed by atoms with van der Waals surface area (Å²) in [7, 11) is -0.967. The van der Waals surface area contributed by atoms with E-state index < -0.39 is 25.2 Å². The lowest BCUT2D eigenvalue weighted by atomic mass is 10.0. The lowest BCUT2D eigenvalue weighted by Crippen LogP contribution is -2.29. The summed E-state index contributed by atoms with van der Waals surface area (Å²) >= 11 is 0. The Bertz CT molecular complexity index is 891. The van der Waals surface area contributed by atoms with Crippen LogP contribution in [0, 0.1) is 5.92 Å². The summed E-state index contributed by atoms with van der Waals surface area (Å²) in [6, 6.07) is 14.5. The molecule has 2 atom stereocenters. The lowest BCUT2D eigenvalue weighted by Gasteiger charge is -2.30. The molecule has 0 saturated heterocycles. The molecule has 2 unspecified atom stereocenters. The van der Waals surface area contributed by atoms with E-state index in [2.05, 4.69) is 4.74 Å². The number of para-hydroxylation sites is 1. The van der Waals surface area contributed by atoms with Crippen LogP contribution in [0.1, 0.15) is 6.42 Å². The highest BCUT2D eigenvalue weighted by Gasteiger charge is 2.40. The van der Waals surface area contributed by atoms with Crippen LogP contribution in [0.4, 0.5) is 0 Å². The summed E-state index contributed by atoms with van der Waals surface area (Å²) in [6.07, 6.45) is -0.361. The third kappa shape index (κ3) is 3.37. The van der Waals surface area contributed by atoms with Crippen LogP contribution in [0.25, 0.3) is 11.1 Å². The second-order valence-corrected chi connectivity index (χ2v) is 8.34. The Balaban J connectivity index is 2.02. The minimum Gasteiger partial charge on any atom is -0.469 e. The van der Waals surface area contributed by atoms with Crippen molar-refractivity contribution >= 4 is 24.6 Å². The van der Waals surface area contributed by atoms with E-state index in [4.69, 9.17) is 9.26 Å². The fourth-order valence-corrected chi connectivity index (χ4v) is 5.65. The molecule has 0 aromatic heterocycles. The first-order valence-electron chi connectivity index (χ1n) is 8.11. The average Bonchev–Trinajstić information content (AvgIpc) is 2.67. The number of carbonyl (C=O) groups excluding carboxylic acids is 2. The van der Waals surface area contributed by atoms with Crippen molar-refractivity contribution in [3.63, 3.8) is 0 Å². The molecule has 0 N–H and O–H groups in total. The van der Waals surface area contributed by atoms with Gasteiger partial charge in [-0.25, -0.2) is 0 Å². The van der Waals surface area contributed by atoms with Gasteiger partial charge in [0.2, 0.25) is 0 Å². The molecule has 0 radical (unpaired) electrons. The van der Waals surface area contributed by atoms with Crippen LogP contribution in [0.5, 0.6) is 5.75 Å². The zero-order chi connectivity index (χ0) is 18.7. The van der Waals surface area contributed by atoms with Gasteiger partial charge in [-0.15, -0.1) is 0 Å². The van der Waals surface area contributed by atoms with Crippen molar-refractivity contribution < 1.29 is 28.2 Å². The minimum absolute atomic E-state index is 0.139. The van der Waals surface area contributed by atoms with Gasteiger partial charge in [-0.05, 0) is 17.7 Å². The van der Waals surface area contributed by atoms with Crippen LogP contribution in [0.15, 0.2) is 48.5 Å². The molecular formula is C19H19O6P. The molecule has 0 bridgehead atoms. The maximum atomic E-state index is 13.7. The van der Waals surface area contributed by atoms with E-state index in [0.29, 0.717) is 11.1 Å². The van der Waals surface area contributed by atoms with Gasteiger partial charge >= 0.3 is 11.9 Å². The van der Waals surface area contributed by atoms with E-state index in [-0.39, 0.29) is 12.6 Å². The molecule has 1 aliphatic rings. The number of hydrogen-bond donors (Lipinski definition) is 0. The predicted octanol–water partition coefficient (Wildman–Crippen LogP) is 3.00. The van der Waals surface area contributed by atoms with Crippen LogP contribution in [-0.2, 0) is 23.6 Å². The Kier molecular flexibility index (Phi) is 5.14. The molecular weight excluding hydrogens is 355 g/mol. The van der Waals surface area contributed by atoms with E-state index in [0.717, 1.165) is 11.1 Å². The standard InChI is InChI=1S/C19H19O6P/c1-23-18(20)11-13(19(21)24-2)12-26(22)17-10-6-4-8-15(17)14-7-3-5-9-16(14)25-26/h3-10,13H,11-12H2,1-2H3. The smallest absolute Gasteiger partial charge is 0.309 e. The van der Waals surface area contributed by atoms with E-state index in [1.807, 2.05) is 24.3 Å². The van der Waals surface area contributed by atoms with Gasteiger partial charge < -0.3 is 14.0 Å². The van der Waals surface area contributed by atoms with Crippen molar-refractivity contribution in [2.75, 3.05) is 20.4 Å². The van der Waals surface area contributed by atoms with E-state index in [1.54, 1.807) is 24.3 Å². The maximum absolute atomic E-state index is 13.7. The van der Waals surface area contributed by atoms with Gasteiger partial charge in [0.15, 0.2) is 0 Å². The molecule has 1 heterocycles. The summed E-state index contributed by atoms with van der Waals surface area (Å²) in [6.45, 7) is 0. The molecule has 0 amide bonds. The molecule has 6 nitrogen and oxygen atoms in total. The second-order valence-electron chi connectivity index (χ2n) is 5.96. The number of hydrogen-bond acceptors (Lipinski definition) is 6. The van der Waals surface area contributed by atoms with Crippen LogP contribution in [0.3, 0.4) is 0 Å². The topological polar surface area (TPSA) is 78.9 Å². The van der Waals surface area contributed by atoms with E-state index >= 15 is 0 Å². The van der Waals surface area contributed by atoms with Gasteiger partial charge in [0.1, 0.15) is 5.75 Å². The fraction of sp³-hybridized carbons (Fsp3) is 0.263. The molecule has 0 aliphatic carbocycles. The molecule has 136 valence electrons. The van der Waals surface area contributed by atoms with Crippen LogP contribution >= 0.6 is 7.37 Å². The lowest BCUT2D eigenvalue weighted by molar-refractivity contribution is -0.151. The molecule has 1 aliphatic heterocycles. The molecule has 7 heteroatoms. The highest BCUT2D eigenvalue weighted by atomic mass is 31.2. The van der Waals surface area contributed by atoms with Gasteiger partial charge in [-0.3, -0.25) is 14.2 Å². The Morgan fingerprint density at radius 3 is 2.35 bits per heavy atom. The average molecular weight is 374 g/mol. The van der Waals surface area contributed by atoms with Crippen molar-refractivity contribution in [1.82, 2.24) is 0 Å². The highest BCUT2D eigenvalue weighted by Crippen LogP contribution is 2.55. The Morgan fingerprint density at radius 2 is 1.65 bits per heavy atom. The summed E-state index contributed by atoms with van der Waals surface area (Å²) in [4.78, 5) is 23.8. The van der Waals surface area contributed by atoms with Gasteiger partial charge in [0, 0.05) is 5.56 Å². The Morgan fingerprint density at radius 1 is 1.00 bits per heavy atom. The zero-order valence-electron chi connectivity index (χ0n) is 14.5. The molecule has 3 rings (SSSR count). The number of fused-ring (bicyclic) bond motifs is 3. The second kappa shape index (κ2) is 7.34. The molecule has 0 fully saturated rings. The summed E-state index contributed by atoms with van der Waals surface area (Å²) in [5, 5.41) is 0.539. The quantitative estimate of drug-likeness (QED) is 0.591. The van der Waals surface area contributed by atoms with Crippen molar-refractivity contribution in [1.29, 1.82) is 0 Å². The molecule has 2 aromatic rings. The Hall–Kier alpha value is -2.59. The van der Waals surface area contributed by atoms with Gasteiger partial charge in [-0.1, -0.05) is 36.4 Å². The summed E-state index contributed by atoms with van der Waals surface area (Å²) in [5.74, 6) is -1.61. The number of methoxy groups -OCH3 is 2. The van der Waals surface area contributed by atoms with E-state index in [9.17, 15) is 14.2 Å². The monoisotopic (exact) mass is 374 g/mol. The summed E-state index contributed by atoms with van der Waals surface area (Å²) < 4.78 is 29.0. The normalized spacial score (nSPS) is 18.7. The highest BCUT2D eigenvalue weighted by molar-refractivity contribution is 7.67. The number of carbonyl (C=O) groups is 2. The molecule has 0 saturated carbocycles. The third-order valence-electron chi connectivity index (χ3n) is 4.33. The zero-order valence-corrected chi connectivity index (χ0v) is 15.4. The fourth-order valence-electron chi connectivity index (χ4n) is 3.07. The van der Waals surface area contributed by atoms with Crippen molar-refractivity contribution in [2.45, 2.75) is 6.42 Å². The van der Waals surface area contributed by atoms with Gasteiger partial charge in [-0.2, -0.15) is 0 Å². The molecule has 26 heavy (non-hydrogen) atoms. The number of esters is 2. The first kappa shape index (κ1) is 18.2. The molecule has 0 spiro atoms. The maximum Gasteiger partial charge on any atom is 0.309 e. The number of benzene rings is 2. The first-order valence-corrected chi connectivity index (χ1v) is 9.92. The Labute approximate surface area is 151 Å². The van der Waals surface area contributed by atoms with Crippen molar-refractivity contribution in [3.8, 4) is 16.9 Å². The van der Waals surface area contributed by atoms with Crippen LogP contribution < -0.4 is 9.83 Å². The predicted molar refractivity (Wildman–Crippen MR) is 96.8 cm³/mol. The van der Waals surface area contributed by atoms with Crippen molar-refractivity contribution in [3.05, 3.63) is 48.5 Å². The van der Waals surface area contributed by atoms with Crippen LogP contribution in [0.2, 0.25) is 0 Å². The minimum atomic E-state index is -3.43. The number of rotatable bonds is 5. The van der Waals surface area contributed by atoms with E-state index in [1.165, 1.54) is 14.2 Å². The van der Waals surface area contributed by atoms with Crippen molar-refractivity contribution in [2.24, 2.45) is 5.92 Å². The molecule has 2 aromatic carbocycles. The number of ether oxygens (including phenoxy) is 2.